The molecule has 1 N–H and O–H groups in total. The molecule has 2 aromatic carbocycles. The number of rotatable bonds is 8. The number of thiazole rings is 1. The molecule has 0 unspecified atom stereocenters. The lowest BCUT2D eigenvalue weighted by Gasteiger charge is -2.15. The number of anilines is 1. The lowest BCUT2D eigenvalue weighted by molar-refractivity contribution is -0.128. The summed E-state index contributed by atoms with van der Waals surface area (Å²) >= 11 is 1.49. The van der Waals surface area contributed by atoms with Gasteiger partial charge in [-0.15, -0.1) is 11.3 Å². The predicted molar refractivity (Wildman–Crippen MR) is 120 cm³/mol. The fourth-order valence-corrected chi connectivity index (χ4v) is 3.79. The summed E-state index contributed by atoms with van der Waals surface area (Å²) in [4.78, 5) is 30.2. The van der Waals surface area contributed by atoms with Gasteiger partial charge < -0.3 is 15.0 Å². The summed E-state index contributed by atoms with van der Waals surface area (Å²) in [5, 5.41) is 5.64. The highest BCUT2D eigenvalue weighted by atomic mass is 32.1. The summed E-state index contributed by atoms with van der Waals surface area (Å²) in [6.45, 7) is 4.55. The van der Waals surface area contributed by atoms with Crippen LogP contribution in [0.4, 0.5) is 5.69 Å². The first-order valence-corrected chi connectivity index (χ1v) is 10.6. The fourth-order valence-electron chi connectivity index (χ4n) is 2.94. The van der Waals surface area contributed by atoms with Crippen LogP contribution in [-0.2, 0) is 22.6 Å². The van der Waals surface area contributed by atoms with Crippen LogP contribution < -0.4 is 10.1 Å². The zero-order chi connectivity index (χ0) is 21.5. The van der Waals surface area contributed by atoms with Gasteiger partial charge in [0.05, 0.1) is 24.3 Å². The van der Waals surface area contributed by atoms with Crippen molar-refractivity contribution in [2.75, 3.05) is 19.0 Å². The summed E-state index contributed by atoms with van der Waals surface area (Å²) in [6.07, 6.45) is 0.185. The van der Waals surface area contributed by atoms with Gasteiger partial charge in [0.25, 0.3) is 0 Å². The summed E-state index contributed by atoms with van der Waals surface area (Å²) in [6, 6.07) is 15.3. The lowest BCUT2D eigenvalue weighted by Crippen LogP contribution is -2.23. The highest BCUT2D eigenvalue weighted by Gasteiger charge is 2.13. The molecule has 30 heavy (non-hydrogen) atoms. The monoisotopic (exact) mass is 423 g/mol. The molecule has 0 aliphatic carbocycles. The van der Waals surface area contributed by atoms with Crippen LogP contribution in [0.3, 0.4) is 0 Å². The molecule has 0 atom stereocenters. The quantitative estimate of drug-likeness (QED) is 0.584. The Morgan fingerprint density at radius 3 is 2.73 bits per heavy atom. The molecule has 0 spiro atoms. The molecule has 0 saturated carbocycles. The first-order chi connectivity index (χ1) is 14.5. The number of benzene rings is 2. The van der Waals surface area contributed by atoms with Crippen molar-refractivity contribution < 1.29 is 14.3 Å². The molecular formula is C23H25N3O3S. The van der Waals surface area contributed by atoms with Crippen LogP contribution in [0.2, 0.25) is 0 Å². The van der Waals surface area contributed by atoms with Crippen LogP contribution in [-0.4, -0.2) is 35.4 Å². The van der Waals surface area contributed by atoms with Gasteiger partial charge >= 0.3 is 0 Å². The van der Waals surface area contributed by atoms with Crippen LogP contribution in [0.1, 0.15) is 25.1 Å². The van der Waals surface area contributed by atoms with E-state index in [-0.39, 0.29) is 18.2 Å². The average molecular weight is 424 g/mol. The molecule has 7 heteroatoms. The second-order valence-electron chi connectivity index (χ2n) is 6.87. The fraction of sp³-hybridized carbons (Fsp3) is 0.261. The standard InChI is InChI=1S/C23H25N3O3S/c1-4-29-21-11-6-5-10-20(21)23-25-19(15-30-23)13-22(28)24-18-9-7-8-17(12-18)14-26(3)16(2)27/h5-12,15H,4,13-14H2,1-3H3,(H,24,28). The Labute approximate surface area is 180 Å². The summed E-state index contributed by atoms with van der Waals surface area (Å²) in [5.74, 6) is 0.648. The van der Waals surface area contributed by atoms with Crippen molar-refractivity contribution in [2.45, 2.75) is 26.8 Å². The molecule has 1 aromatic heterocycles. The van der Waals surface area contributed by atoms with E-state index in [1.807, 2.05) is 60.8 Å². The number of hydrogen-bond donors (Lipinski definition) is 1. The van der Waals surface area contributed by atoms with Crippen molar-refractivity contribution in [3.8, 4) is 16.3 Å². The van der Waals surface area contributed by atoms with E-state index in [0.717, 1.165) is 21.9 Å². The number of ether oxygens (including phenoxy) is 1. The van der Waals surface area contributed by atoms with Crippen molar-refractivity contribution in [3.63, 3.8) is 0 Å². The predicted octanol–water partition coefficient (Wildman–Crippen LogP) is 4.37. The summed E-state index contributed by atoms with van der Waals surface area (Å²) < 4.78 is 5.68. The van der Waals surface area contributed by atoms with Gasteiger partial charge in [-0.1, -0.05) is 24.3 Å². The van der Waals surface area contributed by atoms with Gasteiger partial charge in [-0.2, -0.15) is 0 Å². The summed E-state index contributed by atoms with van der Waals surface area (Å²) in [5.41, 5.74) is 3.30. The number of para-hydroxylation sites is 1. The van der Waals surface area contributed by atoms with E-state index >= 15 is 0 Å². The lowest BCUT2D eigenvalue weighted by atomic mass is 10.2. The van der Waals surface area contributed by atoms with Gasteiger partial charge in [-0.3, -0.25) is 9.59 Å². The number of nitrogens with zero attached hydrogens (tertiary/aromatic N) is 2. The normalized spacial score (nSPS) is 10.5. The average Bonchev–Trinajstić information content (AvgIpc) is 3.17. The third kappa shape index (κ3) is 5.67. The van der Waals surface area contributed by atoms with Crippen LogP contribution >= 0.6 is 11.3 Å². The molecule has 0 radical (unpaired) electrons. The molecule has 6 nitrogen and oxygen atoms in total. The third-order valence-corrected chi connectivity index (χ3v) is 5.40. The van der Waals surface area contributed by atoms with Crippen LogP contribution in [0.5, 0.6) is 5.75 Å². The van der Waals surface area contributed by atoms with Crippen LogP contribution in [0, 0.1) is 0 Å². The Morgan fingerprint density at radius 2 is 1.97 bits per heavy atom. The Kier molecular flexibility index (Phi) is 7.19. The number of carbonyl (C=O) groups excluding carboxylic acids is 2. The molecule has 0 fully saturated rings. The minimum absolute atomic E-state index is 0.00492. The maximum absolute atomic E-state index is 12.5. The first-order valence-electron chi connectivity index (χ1n) is 9.73. The van der Waals surface area contributed by atoms with E-state index in [9.17, 15) is 9.59 Å². The number of nitrogens with one attached hydrogen (secondary N) is 1. The Balaban J connectivity index is 1.65. The minimum Gasteiger partial charge on any atom is -0.493 e. The van der Waals surface area contributed by atoms with Crippen molar-refractivity contribution in [1.82, 2.24) is 9.88 Å². The second kappa shape index (κ2) is 10.0. The van der Waals surface area contributed by atoms with E-state index in [4.69, 9.17) is 4.74 Å². The third-order valence-electron chi connectivity index (χ3n) is 4.48. The molecule has 0 aliphatic heterocycles. The number of hydrogen-bond acceptors (Lipinski definition) is 5. The maximum Gasteiger partial charge on any atom is 0.230 e. The van der Waals surface area contributed by atoms with E-state index < -0.39 is 0 Å². The smallest absolute Gasteiger partial charge is 0.230 e. The van der Waals surface area contributed by atoms with Crippen molar-refractivity contribution in [2.24, 2.45) is 0 Å². The molecule has 3 aromatic rings. The molecular weight excluding hydrogens is 398 g/mol. The van der Waals surface area contributed by atoms with Gasteiger partial charge in [-0.05, 0) is 36.8 Å². The number of carbonyl (C=O) groups is 2. The van der Waals surface area contributed by atoms with Crippen molar-refractivity contribution in [3.05, 3.63) is 65.2 Å². The zero-order valence-electron chi connectivity index (χ0n) is 17.3. The van der Waals surface area contributed by atoms with Gasteiger partial charge in [0.15, 0.2) is 0 Å². The maximum atomic E-state index is 12.5. The van der Waals surface area contributed by atoms with Crippen LogP contribution in [0.25, 0.3) is 10.6 Å². The van der Waals surface area contributed by atoms with E-state index in [1.54, 1.807) is 11.9 Å². The Morgan fingerprint density at radius 1 is 1.17 bits per heavy atom. The van der Waals surface area contributed by atoms with Gasteiger partial charge in [-0.25, -0.2) is 4.98 Å². The van der Waals surface area contributed by atoms with Crippen molar-refractivity contribution >= 4 is 28.8 Å². The highest BCUT2D eigenvalue weighted by molar-refractivity contribution is 7.13. The molecule has 0 saturated heterocycles. The van der Waals surface area contributed by atoms with Crippen molar-refractivity contribution in [1.29, 1.82) is 0 Å². The Hall–Kier alpha value is -3.19. The highest BCUT2D eigenvalue weighted by Crippen LogP contribution is 2.32. The molecule has 0 aliphatic rings. The zero-order valence-corrected chi connectivity index (χ0v) is 18.2. The minimum atomic E-state index is -0.137. The first kappa shape index (κ1) is 21.5. The van der Waals surface area contributed by atoms with Gasteiger partial charge in [0.1, 0.15) is 10.8 Å². The largest absolute Gasteiger partial charge is 0.493 e. The van der Waals surface area contributed by atoms with Crippen LogP contribution in [0.15, 0.2) is 53.9 Å². The molecule has 2 amide bonds. The number of aromatic nitrogens is 1. The van der Waals surface area contributed by atoms with E-state index in [1.165, 1.54) is 18.3 Å². The molecule has 3 rings (SSSR count). The second-order valence-corrected chi connectivity index (χ2v) is 7.73. The molecule has 1 heterocycles. The Bertz CT molecular complexity index is 1030. The number of amides is 2. The summed E-state index contributed by atoms with van der Waals surface area (Å²) in [7, 11) is 1.75. The van der Waals surface area contributed by atoms with Gasteiger partial charge in [0.2, 0.25) is 11.8 Å². The molecule has 156 valence electrons. The molecule has 0 bridgehead atoms. The SMILES string of the molecule is CCOc1ccccc1-c1nc(CC(=O)Nc2cccc(CN(C)C(C)=O)c2)cs1. The van der Waals surface area contributed by atoms with Gasteiger partial charge in [0, 0.05) is 31.6 Å². The topological polar surface area (TPSA) is 71.5 Å². The van der Waals surface area contributed by atoms with E-state index in [2.05, 4.69) is 10.3 Å². The van der Waals surface area contributed by atoms with E-state index in [0.29, 0.717) is 24.5 Å².